The number of H-pyrrole nitrogens is 1. The van der Waals surface area contributed by atoms with Crippen LogP contribution in [0.3, 0.4) is 0 Å². The summed E-state index contributed by atoms with van der Waals surface area (Å²) in [4.78, 5) is 3.40. The van der Waals surface area contributed by atoms with E-state index in [0.29, 0.717) is 0 Å². The quantitative estimate of drug-likeness (QED) is 0.678. The second-order valence-electron chi connectivity index (χ2n) is 7.29. The van der Waals surface area contributed by atoms with E-state index < -0.39 is 8.32 Å². The van der Waals surface area contributed by atoms with Crippen LogP contribution in [0.1, 0.15) is 31.9 Å². The molecule has 0 unspecified atom stereocenters. The number of nitrogens with one attached hydrogen (secondary N) is 1. The van der Waals surface area contributed by atoms with Crippen molar-refractivity contribution in [2.45, 2.75) is 52.2 Å². The summed E-state index contributed by atoms with van der Waals surface area (Å²) in [7, 11) is -1.65. The van der Waals surface area contributed by atoms with Gasteiger partial charge in [-0.1, -0.05) is 42.8 Å². The minimum Gasteiger partial charge on any atom is -0.416 e. The second-order valence-corrected chi connectivity index (χ2v) is 13.0. The Bertz CT molecular complexity index is 640. The molecular formula is C17H26BrNOSi. The molecule has 1 N–H and O–H groups in total. The predicted molar refractivity (Wildman–Crippen MR) is 97.6 cm³/mol. The fourth-order valence-corrected chi connectivity index (χ4v) is 3.87. The maximum Gasteiger partial charge on any atom is 0.191 e. The summed E-state index contributed by atoms with van der Waals surface area (Å²) in [5, 5.41) is 1.57. The number of aromatic nitrogens is 1. The lowest BCUT2D eigenvalue weighted by molar-refractivity contribution is 0.292. The third-order valence-electron chi connectivity index (χ3n) is 4.72. The summed E-state index contributed by atoms with van der Waals surface area (Å²) >= 11 is 3.67. The van der Waals surface area contributed by atoms with E-state index in [1.807, 2.05) is 0 Å². The van der Waals surface area contributed by atoms with E-state index in [1.54, 1.807) is 0 Å². The number of halogens is 1. The lowest BCUT2D eigenvalue weighted by Crippen LogP contribution is -2.41. The number of rotatable bonds is 4. The van der Waals surface area contributed by atoms with Gasteiger partial charge < -0.3 is 9.41 Å². The number of hydrogen-bond donors (Lipinski definition) is 1. The molecule has 2 nitrogen and oxygen atoms in total. The Balaban J connectivity index is 2.14. The molecule has 0 spiro atoms. The lowest BCUT2D eigenvalue weighted by Gasteiger charge is -2.36. The summed E-state index contributed by atoms with van der Waals surface area (Å²) in [6.45, 7) is 14.4. The molecule has 1 aromatic heterocycles. The van der Waals surface area contributed by atoms with Crippen LogP contribution in [0.4, 0.5) is 0 Å². The number of fused-ring (bicyclic) bond motifs is 1. The number of aromatic amines is 1. The molecule has 2 rings (SSSR count). The monoisotopic (exact) mass is 367 g/mol. The zero-order valence-corrected chi connectivity index (χ0v) is 16.5. The van der Waals surface area contributed by atoms with Crippen LogP contribution in [0.15, 0.2) is 22.8 Å². The van der Waals surface area contributed by atoms with Crippen molar-refractivity contribution >= 4 is 35.2 Å². The molecule has 1 heterocycles. The van der Waals surface area contributed by atoms with Crippen LogP contribution in [0, 0.1) is 6.92 Å². The highest BCUT2D eigenvalue weighted by molar-refractivity contribution is 9.10. The van der Waals surface area contributed by atoms with Crippen molar-refractivity contribution in [1.29, 1.82) is 0 Å². The van der Waals surface area contributed by atoms with Crippen LogP contribution in [-0.4, -0.2) is 19.9 Å². The van der Waals surface area contributed by atoms with Gasteiger partial charge in [0.1, 0.15) is 0 Å². The SMILES string of the molecule is Cc1ccc(Br)c2c(CCO[Si](C)(C)C(C)(C)C)c[nH]c12. The first kappa shape index (κ1) is 16.8. The standard InChI is InChI=1S/C17H26BrNOSi/c1-12-7-8-14(18)15-13(11-19-16(12)15)9-10-20-21(5,6)17(2,3)4/h7-8,11,19H,9-10H2,1-6H3. The first-order chi connectivity index (χ1) is 9.63. The molecule has 0 fully saturated rings. The van der Waals surface area contributed by atoms with Crippen molar-refractivity contribution < 1.29 is 4.43 Å². The van der Waals surface area contributed by atoms with Crippen molar-refractivity contribution in [2.24, 2.45) is 0 Å². The molecule has 0 saturated heterocycles. The van der Waals surface area contributed by atoms with Gasteiger partial charge in [-0.3, -0.25) is 0 Å². The minimum atomic E-state index is -1.65. The molecule has 1 aromatic carbocycles. The molecule has 2 aromatic rings. The van der Waals surface area contributed by atoms with Gasteiger partial charge in [0.25, 0.3) is 0 Å². The third-order valence-corrected chi connectivity index (χ3v) is 9.91. The summed E-state index contributed by atoms with van der Waals surface area (Å²) in [6, 6.07) is 4.27. The van der Waals surface area contributed by atoms with E-state index in [0.717, 1.165) is 17.5 Å². The Hall–Kier alpha value is -0.583. The van der Waals surface area contributed by atoms with Gasteiger partial charge in [0.05, 0.1) is 0 Å². The van der Waals surface area contributed by atoms with Gasteiger partial charge in [0.2, 0.25) is 0 Å². The molecule has 116 valence electrons. The fourth-order valence-electron chi connectivity index (χ4n) is 2.24. The Labute approximate surface area is 137 Å². The molecule has 0 atom stereocenters. The molecule has 0 aliphatic rings. The van der Waals surface area contributed by atoms with E-state index in [4.69, 9.17) is 4.43 Å². The maximum absolute atomic E-state index is 6.30. The molecule has 0 bridgehead atoms. The van der Waals surface area contributed by atoms with Crippen molar-refractivity contribution in [3.05, 3.63) is 33.9 Å². The van der Waals surface area contributed by atoms with E-state index in [9.17, 15) is 0 Å². The van der Waals surface area contributed by atoms with Crippen LogP contribution in [-0.2, 0) is 10.8 Å². The van der Waals surface area contributed by atoms with Crippen LogP contribution >= 0.6 is 15.9 Å². The fraction of sp³-hybridized carbons (Fsp3) is 0.529. The first-order valence-corrected chi connectivity index (χ1v) is 11.2. The third kappa shape index (κ3) is 3.43. The van der Waals surface area contributed by atoms with Gasteiger partial charge >= 0.3 is 0 Å². The molecule has 0 radical (unpaired) electrons. The minimum absolute atomic E-state index is 0.268. The Morgan fingerprint density at radius 3 is 2.52 bits per heavy atom. The largest absolute Gasteiger partial charge is 0.416 e. The van der Waals surface area contributed by atoms with Crippen LogP contribution in [0.2, 0.25) is 18.1 Å². The molecule has 0 aliphatic carbocycles. The second kappa shape index (κ2) is 5.90. The highest BCUT2D eigenvalue weighted by Gasteiger charge is 2.36. The molecule has 0 saturated carbocycles. The zero-order valence-electron chi connectivity index (χ0n) is 13.9. The van der Waals surface area contributed by atoms with Crippen LogP contribution in [0.25, 0.3) is 10.9 Å². The van der Waals surface area contributed by atoms with E-state index >= 15 is 0 Å². The van der Waals surface area contributed by atoms with Crippen LogP contribution in [0.5, 0.6) is 0 Å². The summed E-state index contributed by atoms with van der Waals surface area (Å²) in [6.07, 6.45) is 3.08. The number of hydrogen-bond acceptors (Lipinski definition) is 1. The first-order valence-electron chi connectivity index (χ1n) is 7.52. The number of benzene rings is 1. The predicted octanol–water partition coefficient (Wildman–Crippen LogP) is 5.80. The highest BCUT2D eigenvalue weighted by Crippen LogP contribution is 2.37. The van der Waals surface area contributed by atoms with Gasteiger partial charge in [0.15, 0.2) is 8.32 Å². The molecular weight excluding hydrogens is 342 g/mol. The van der Waals surface area contributed by atoms with Crippen molar-refractivity contribution in [2.75, 3.05) is 6.61 Å². The summed E-state index contributed by atoms with van der Waals surface area (Å²) in [5.41, 5.74) is 3.84. The molecule has 21 heavy (non-hydrogen) atoms. The van der Waals surface area contributed by atoms with E-state index in [1.165, 1.54) is 22.0 Å². The Morgan fingerprint density at radius 1 is 1.24 bits per heavy atom. The zero-order chi connectivity index (χ0) is 15.8. The Kier molecular flexibility index (Phi) is 4.71. The molecule has 0 aliphatic heterocycles. The summed E-state index contributed by atoms with van der Waals surface area (Å²) in [5.74, 6) is 0. The van der Waals surface area contributed by atoms with Gasteiger partial charge in [-0.25, -0.2) is 0 Å². The van der Waals surface area contributed by atoms with Crippen molar-refractivity contribution in [3.8, 4) is 0 Å². The van der Waals surface area contributed by atoms with Gasteiger partial charge in [-0.15, -0.1) is 0 Å². The lowest BCUT2D eigenvalue weighted by atomic mass is 10.1. The van der Waals surface area contributed by atoms with Crippen molar-refractivity contribution in [1.82, 2.24) is 4.98 Å². The smallest absolute Gasteiger partial charge is 0.191 e. The van der Waals surface area contributed by atoms with Gasteiger partial charge in [0, 0.05) is 28.2 Å². The average molecular weight is 368 g/mol. The molecule has 0 amide bonds. The topological polar surface area (TPSA) is 25.0 Å². The van der Waals surface area contributed by atoms with Crippen molar-refractivity contribution in [3.63, 3.8) is 0 Å². The van der Waals surface area contributed by atoms with E-state index in [-0.39, 0.29) is 5.04 Å². The normalized spacial score (nSPS) is 13.1. The van der Waals surface area contributed by atoms with Gasteiger partial charge in [-0.2, -0.15) is 0 Å². The molecule has 4 heteroatoms. The average Bonchev–Trinajstić information content (AvgIpc) is 2.78. The van der Waals surface area contributed by atoms with Crippen LogP contribution < -0.4 is 0 Å². The maximum atomic E-state index is 6.30. The van der Waals surface area contributed by atoms with E-state index in [2.05, 4.69) is 80.0 Å². The number of aryl methyl sites for hydroxylation is 1. The summed E-state index contributed by atoms with van der Waals surface area (Å²) < 4.78 is 7.45. The van der Waals surface area contributed by atoms with Gasteiger partial charge in [-0.05, 0) is 48.7 Å². The Morgan fingerprint density at radius 2 is 1.90 bits per heavy atom. The highest BCUT2D eigenvalue weighted by atomic mass is 79.9.